The van der Waals surface area contributed by atoms with Crippen molar-refractivity contribution in [2.24, 2.45) is 0 Å². The molecule has 0 radical (unpaired) electrons. The highest BCUT2D eigenvalue weighted by molar-refractivity contribution is 5.79. The summed E-state index contributed by atoms with van der Waals surface area (Å²) in [5, 5.41) is 21.1. The molecule has 1 unspecified atom stereocenters. The zero-order chi connectivity index (χ0) is 15.8. The largest absolute Gasteiger partial charge is 0.394 e. The van der Waals surface area contributed by atoms with Crippen LogP contribution in [0.15, 0.2) is 54.6 Å². The highest BCUT2D eigenvalue weighted by Gasteiger charge is 2.14. The molecule has 112 valence electrons. The molecule has 0 saturated heterocycles. The van der Waals surface area contributed by atoms with Crippen LogP contribution in [0.2, 0.25) is 0 Å². The fourth-order valence-corrected chi connectivity index (χ4v) is 2.33. The molecule has 0 aliphatic heterocycles. The fraction of sp³-hybridized carbons (Fsp3) is 0.222. The van der Waals surface area contributed by atoms with Crippen LogP contribution >= 0.6 is 0 Å². The van der Waals surface area contributed by atoms with E-state index in [0.29, 0.717) is 0 Å². The van der Waals surface area contributed by atoms with E-state index in [9.17, 15) is 9.90 Å². The number of aliphatic hydroxyl groups excluding tert-OH is 1. The summed E-state index contributed by atoms with van der Waals surface area (Å²) in [6.45, 7) is -0.157. The summed E-state index contributed by atoms with van der Waals surface area (Å²) >= 11 is 0. The molecule has 0 aliphatic rings. The van der Waals surface area contributed by atoms with Crippen LogP contribution < -0.4 is 5.32 Å². The Bertz CT molecular complexity index is 662. The minimum absolute atomic E-state index is 0.157. The van der Waals surface area contributed by atoms with Crippen molar-refractivity contribution in [3.05, 3.63) is 71.3 Å². The Kier molecular flexibility index (Phi) is 5.70. The first kappa shape index (κ1) is 15.7. The summed E-state index contributed by atoms with van der Waals surface area (Å²) in [5.41, 5.74) is 2.57. The van der Waals surface area contributed by atoms with E-state index in [1.54, 1.807) is 0 Å². The lowest BCUT2D eigenvalue weighted by molar-refractivity contribution is -0.121. The summed E-state index contributed by atoms with van der Waals surface area (Å²) in [7, 11) is 0. The molecule has 0 aliphatic carbocycles. The van der Waals surface area contributed by atoms with E-state index < -0.39 is 6.04 Å². The number of carbonyl (C=O) groups excluding carboxylic acids is 1. The number of aliphatic hydroxyl groups is 1. The van der Waals surface area contributed by atoms with Gasteiger partial charge in [0.05, 0.1) is 31.6 Å². The molecule has 2 rings (SSSR count). The van der Waals surface area contributed by atoms with Gasteiger partial charge in [-0.1, -0.05) is 54.6 Å². The van der Waals surface area contributed by atoms with Crippen LogP contribution in [-0.4, -0.2) is 17.6 Å². The maximum Gasteiger partial charge on any atom is 0.224 e. The van der Waals surface area contributed by atoms with E-state index in [1.165, 1.54) is 0 Å². The van der Waals surface area contributed by atoms with Gasteiger partial charge in [-0.2, -0.15) is 5.26 Å². The number of hydrogen-bond donors (Lipinski definition) is 2. The molecular weight excluding hydrogens is 276 g/mol. The van der Waals surface area contributed by atoms with Gasteiger partial charge in [-0.05, 0) is 16.7 Å². The number of nitrogens with one attached hydrogen (secondary N) is 1. The Labute approximate surface area is 130 Å². The highest BCUT2D eigenvalue weighted by Crippen LogP contribution is 2.14. The molecule has 0 spiro atoms. The fourth-order valence-electron chi connectivity index (χ4n) is 2.33. The lowest BCUT2D eigenvalue weighted by Crippen LogP contribution is -2.32. The molecule has 1 amide bonds. The maximum absolute atomic E-state index is 12.2. The number of benzene rings is 2. The Hall–Kier alpha value is -2.64. The molecule has 2 N–H and O–H groups in total. The molecular formula is C18H18N2O2. The first-order valence-corrected chi connectivity index (χ1v) is 7.13. The topological polar surface area (TPSA) is 73.1 Å². The van der Waals surface area contributed by atoms with Crippen LogP contribution in [0.25, 0.3) is 0 Å². The third kappa shape index (κ3) is 4.18. The van der Waals surface area contributed by atoms with Crippen molar-refractivity contribution in [3.63, 3.8) is 0 Å². The molecule has 0 bridgehead atoms. The van der Waals surface area contributed by atoms with Gasteiger partial charge in [0.2, 0.25) is 5.91 Å². The second-order valence-electron chi connectivity index (χ2n) is 4.99. The van der Waals surface area contributed by atoms with Crippen molar-refractivity contribution in [3.8, 4) is 6.07 Å². The van der Waals surface area contributed by atoms with Gasteiger partial charge < -0.3 is 10.4 Å². The van der Waals surface area contributed by atoms with Gasteiger partial charge in [-0.25, -0.2) is 0 Å². The van der Waals surface area contributed by atoms with E-state index in [0.717, 1.165) is 16.7 Å². The third-order valence-electron chi connectivity index (χ3n) is 3.46. The minimum Gasteiger partial charge on any atom is -0.394 e. The van der Waals surface area contributed by atoms with E-state index >= 15 is 0 Å². The Morgan fingerprint density at radius 2 is 1.73 bits per heavy atom. The number of nitriles is 1. The van der Waals surface area contributed by atoms with Crippen LogP contribution in [0.5, 0.6) is 0 Å². The van der Waals surface area contributed by atoms with E-state index in [4.69, 9.17) is 5.26 Å². The van der Waals surface area contributed by atoms with Gasteiger partial charge in [0.15, 0.2) is 0 Å². The second kappa shape index (κ2) is 7.96. The van der Waals surface area contributed by atoms with Gasteiger partial charge in [-0.15, -0.1) is 0 Å². The van der Waals surface area contributed by atoms with Crippen molar-refractivity contribution in [1.29, 1.82) is 5.26 Å². The smallest absolute Gasteiger partial charge is 0.224 e. The van der Waals surface area contributed by atoms with Crippen LogP contribution in [0.4, 0.5) is 0 Å². The summed E-state index contributed by atoms with van der Waals surface area (Å²) < 4.78 is 0. The molecule has 1 atom stereocenters. The van der Waals surface area contributed by atoms with Gasteiger partial charge in [0.25, 0.3) is 0 Å². The van der Waals surface area contributed by atoms with Gasteiger partial charge >= 0.3 is 0 Å². The van der Waals surface area contributed by atoms with Crippen LogP contribution in [0.3, 0.4) is 0 Å². The van der Waals surface area contributed by atoms with Gasteiger partial charge in [0.1, 0.15) is 0 Å². The number of rotatable bonds is 6. The lowest BCUT2D eigenvalue weighted by Gasteiger charge is -2.17. The van der Waals surface area contributed by atoms with Crippen molar-refractivity contribution in [2.75, 3.05) is 6.61 Å². The van der Waals surface area contributed by atoms with Crippen LogP contribution in [0, 0.1) is 11.3 Å². The Balaban J connectivity index is 2.05. The first-order valence-electron chi connectivity index (χ1n) is 7.13. The molecule has 4 heteroatoms. The zero-order valence-corrected chi connectivity index (χ0v) is 12.2. The Morgan fingerprint density at radius 1 is 1.09 bits per heavy atom. The molecule has 0 fully saturated rings. The van der Waals surface area contributed by atoms with Crippen molar-refractivity contribution in [2.45, 2.75) is 18.9 Å². The number of carbonyl (C=O) groups is 1. The summed E-state index contributed by atoms with van der Waals surface area (Å²) in [4.78, 5) is 12.2. The van der Waals surface area contributed by atoms with Crippen molar-refractivity contribution < 1.29 is 9.90 Å². The molecule has 2 aromatic rings. The summed E-state index contributed by atoms with van der Waals surface area (Å²) in [5.74, 6) is -0.173. The van der Waals surface area contributed by atoms with Crippen LogP contribution in [-0.2, 0) is 17.6 Å². The number of hydrogen-bond acceptors (Lipinski definition) is 3. The molecule has 22 heavy (non-hydrogen) atoms. The second-order valence-corrected chi connectivity index (χ2v) is 4.99. The standard InChI is InChI=1S/C18H18N2O2/c19-11-10-14-6-4-5-9-16(14)12-18(22)20-17(13-21)15-7-2-1-3-8-15/h1-9,17,21H,10,12-13H2,(H,20,22). The lowest BCUT2D eigenvalue weighted by atomic mass is 10.0. The number of amides is 1. The molecule has 0 aromatic heterocycles. The monoisotopic (exact) mass is 294 g/mol. The number of nitrogens with zero attached hydrogens (tertiary/aromatic N) is 1. The van der Waals surface area contributed by atoms with E-state index in [-0.39, 0.29) is 25.4 Å². The zero-order valence-electron chi connectivity index (χ0n) is 12.2. The van der Waals surface area contributed by atoms with E-state index in [1.807, 2.05) is 54.6 Å². The molecule has 2 aromatic carbocycles. The third-order valence-corrected chi connectivity index (χ3v) is 3.46. The highest BCUT2D eigenvalue weighted by atomic mass is 16.3. The predicted octanol–water partition coefficient (Wildman–Crippen LogP) is 2.14. The SMILES string of the molecule is N#CCc1ccccc1CC(=O)NC(CO)c1ccccc1. The molecule has 4 nitrogen and oxygen atoms in total. The van der Waals surface area contributed by atoms with Gasteiger partial charge in [-0.3, -0.25) is 4.79 Å². The van der Waals surface area contributed by atoms with Crippen LogP contribution in [0.1, 0.15) is 22.7 Å². The normalized spacial score (nSPS) is 11.5. The Morgan fingerprint density at radius 3 is 2.36 bits per heavy atom. The predicted molar refractivity (Wildman–Crippen MR) is 83.9 cm³/mol. The average molecular weight is 294 g/mol. The molecule has 0 heterocycles. The first-order chi connectivity index (χ1) is 10.7. The van der Waals surface area contributed by atoms with Crippen molar-refractivity contribution >= 4 is 5.91 Å². The quantitative estimate of drug-likeness (QED) is 0.857. The van der Waals surface area contributed by atoms with Gasteiger partial charge in [0, 0.05) is 0 Å². The summed E-state index contributed by atoms with van der Waals surface area (Å²) in [6.07, 6.45) is 0.479. The molecule has 0 saturated carbocycles. The summed E-state index contributed by atoms with van der Waals surface area (Å²) in [6, 6.07) is 18.4. The average Bonchev–Trinajstić information content (AvgIpc) is 2.55. The van der Waals surface area contributed by atoms with Crippen molar-refractivity contribution in [1.82, 2.24) is 5.32 Å². The minimum atomic E-state index is -0.420. The van der Waals surface area contributed by atoms with E-state index in [2.05, 4.69) is 11.4 Å². The maximum atomic E-state index is 12.2.